The number of hydrogen-bond donors (Lipinski definition) is 1. The molecule has 4 rings (SSSR count). The Bertz CT molecular complexity index is 1220. The number of carbonyl (C=O) groups is 2. The van der Waals surface area contributed by atoms with Crippen LogP contribution in [0.3, 0.4) is 0 Å². The van der Waals surface area contributed by atoms with E-state index in [1.165, 1.54) is 4.90 Å². The van der Waals surface area contributed by atoms with E-state index in [1.54, 1.807) is 43.3 Å². The fraction of sp³-hybridized carbons (Fsp3) is 0.231. The van der Waals surface area contributed by atoms with Gasteiger partial charge in [0.05, 0.1) is 12.2 Å². The lowest BCUT2D eigenvalue weighted by Gasteiger charge is -2.24. The molecule has 1 atom stereocenters. The summed E-state index contributed by atoms with van der Waals surface area (Å²) in [5, 5.41) is 11.2. The van der Waals surface area contributed by atoms with Crippen LogP contribution >= 0.6 is 0 Å². The van der Waals surface area contributed by atoms with Crippen molar-refractivity contribution in [2.75, 3.05) is 11.5 Å². The molecule has 1 aliphatic heterocycles. The lowest BCUT2D eigenvalue weighted by molar-refractivity contribution is -0.132. The molecule has 1 fully saturated rings. The van der Waals surface area contributed by atoms with Crippen LogP contribution in [-0.2, 0) is 9.59 Å². The van der Waals surface area contributed by atoms with Crippen molar-refractivity contribution in [1.82, 2.24) is 0 Å². The Balaban J connectivity index is 1.93. The van der Waals surface area contributed by atoms with E-state index in [2.05, 4.69) is 0 Å². The Hall–Kier alpha value is -3.80. The summed E-state index contributed by atoms with van der Waals surface area (Å²) in [4.78, 5) is 27.8. The molecular weight excluding hydrogens is 406 g/mol. The summed E-state index contributed by atoms with van der Waals surface area (Å²) in [6.07, 6.45) is 0. The first kappa shape index (κ1) is 21.4. The summed E-state index contributed by atoms with van der Waals surface area (Å²) < 4.78 is 11.4. The Morgan fingerprint density at radius 2 is 1.75 bits per heavy atom. The maximum Gasteiger partial charge on any atom is 0.300 e. The molecule has 0 saturated carbocycles. The van der Waals surface area contributed by atoms with Crippen molar-refractivity contribution < 1.29 is 23.8 Å². The van der Waals surface area contributed by atoms with Gasteiger partial charge in [0.2, 0.25) is 0 Å². The summed E-state index contributed by atoms with van der Waals surface area (Å²) in [7, 11) is 0. The quantitative estimate of drug-likeness (QED) is 0.340. The number of rotatable bonds is 5. The van der Waals surface area contributed by atoms with Crippen molar-refractivity contribution in [2.24, 2.45) is 0 Å². The molecule has 32 heavy (non-hydrogen) atoms. The molecule has 0 aliphatic carbocycles. The van der Waals surface area contributed by atoms with E-state index in [1.807, 2.05) is 39.0 Å². The third-order valence-corrected chi connectivity index (χ3v) is 5.38. The summed E-state index contributed by atoms with van der Waals surface area (Å²) >= 11 is 0. The molecule has 3 aromatic rings. The van der Waals surface area contributed by atoms with Gasteiger partial charge in [-0.05, 0) is 75.2 Å². The van der Waals surface area contributed by atoms with Gasteiger partial charge in [-0.25, -0.2) is 0 Å². The van der Waals surface area contributed by atoms with Gasteiger partial charge in [-0.15, -0.1) is 0 Å². The second kappa shape index (κ2) is 8.38. The van der Waals surface area contributed by atoms with Gasteiger partial charge < -0.3 is 14.3 Å². The minimum atomic E-state index is -0.888. The zero-order chi connectivity index (χ0) is 23.0. The molecular formula is C26H25NO5. The average molecular weight is 431 g/mol. The van der Waals surface area contributed by atoms with Crippen molar-refractivity contribution in [2.45, 2.75) is 33.7 Å². The molecule has 1 amide bonds. The number of aliphatic hydroxyl groups is 1. The van der Waals surface area contributed by atoms with Crippen LogP contribution in [0.2, 0.25) is 0 Å². The molecule has 1 aliphatic rings. The number of carbonyl (C=O) groups excluding carboxylic acids is 2. The first-order valence-electron chi connectivity index (χ1n) is 10.5. The van der Waals surface area contributed by atoms with E-state index in [0.717, 1.165) is 11.1 Å². The topological polar surface area (TPSA) is 80.0 Å². The summed E-state index contributed by atoms with van der Waals surface area (Å²) in [6.45, 7) is 7.98. The summed E-state index contributed by atoms with van der Waals surface area (Å²) in [5.41, 5.74) is 2.87. The number of ketones is 1. The van der Waals surface area contributed by atoms with Gasteiger partial charge >= 0.3 is 0 Å². The van der Waals surface area contributed by atoms with Gasteiger partial charge in [0.15, 0.2) is 0 Å². The van der Waals surface area contributed by atoms with Crippen LogP contribution in [-0.4, -0.2) is 23.4 Å². The molecule has 2 aromatic carbocycles. The minimum absolute atomic E-state index is 0.0165. The van der Waals surface area contributed by atoms with Crippen LogP contribution in [0.4, 0.5) is 5.69 Å². The number of Topliss-reactive ketones (excluding diaryl/α,β-unsaturated/α-hetero) is 1. The highest BCUT2D eigenvalue weighted by Gasteiger charge is 2.48. The molecule has 0 radical (unpaired) electrons. The highest BCUT2D eigenvalue weighted by molar-refractivity contribution is 6.51. The number of benzene rings is 2. The monoisotopic (exact) mass is 431 g/mol. The van der Waals surface area contributed by atoms with E-state index in [4.69, 9.17) is 9.15 Å². The molecule has 164 valence electrons. The lowest BCUT2D eigenvalue weighted by Crippen LogP contribution is -2.29. The third kappa shape index (κ3) is 3.80. The lowest BCUT2D eigenvalue weighted by atomic mass is 9.99. The average Bonchev–Trinajstić information content (AvgIpc) is 3.28. The van der Waals surface area contributed by atoms with Crippen LogP contribution in [0.15, 0.2) is 64.6 Å². The molecule has 1 N–H and O–H groups in total. The maximum atomic E-state index is 13.2. The highest BCUT2D eigenvalue weighted by atomic mass is 16.5. The number of hydrogen-bond acceptors (Lipinski definition) is 5. The maximum absolute atomic E-state index is 13.2. The predicted octanol–water partition coefficient (Wildman–Crippen LogP) is 5.23. The van der Waals surface area contributed by atoms with Crippen LogP contribution in [0.1, 0.15) is 41.2 Å². The predicted molar refractivity (Wildman–Crippen MR) is 122 cm³/mol. The minimum Gasteiger partial charge on any atom is -0.507 e. The Morgan fingerprint density at radius 3 is 2.38 bits per heavy atom. The normalized spacial score (nSPS) is 17.8. The molecule has 1 saturated heterocycles. The Labute approximate surface area is 186 Å². The van der Waals surface area contributed by atoms with Gasteiger partial charge in [0.1, 0.15) is 29.1 Å². The van der Waals surface area contributed by atoms with Crippen LogP contribution in [0.25, 0.3) is 5.76 Å². The third-order valence-electron chi connectivity index (χ3n) is 5.38. The standard InChI is InChI=1S/C26H25NO5/c1-5-31-20-8-6-7-18(14-20)24(28)22-23(21-10-9-17(4)32-21)27(26(30)25(22)29)19-12-15(2)11-16(3)13-19/h6-14,23,28H,5H2,1-4H3/b24-22-. The fourth-order valence-corrected chi connectivity index (χ4v) is 4.11. The van der Waals surface area contributed by atoms with Crippen LogP contribution < -0.4 is 9.64 Å². The first-order valence-corrected chi connectivity index (χ1v) is 10.5. The molecule has 6 heteroatoms. The van der Waals surface area contributed by atoms with Crippen molar-refractivity contribution in [3.63, 3.8) is 0 Å². The van der Waals surface area contributed by atoms with Gasteiger partial charge in [-0.3, -0.25) is 14.5 Å². The zero-order valence-electron chi connectivity index (χ0n) is 18.5. The molecule has 1 aromatic heterocycles. The molecule has 0 spiro atoms. The number of nitrogens with zero attached hydrogens (tertiary/aromatic N) is 1. The largest absolute Gasteiger partial charge is 0.507 e. The molecule has 2 heterocycles. The van der Waals surface area contributed by atoms with E-state index in [0.29, 0.717) is 35.1 Å². The second-order valence-corrected chi connectivity index (χ2v) is 7.92. The van der Waals surface area contributed by atoms with Crippen molar-refractivity contribution in [1.29, 1.82) is 0 Å². The smallest absolute Gasteiger partial charge is 0.300 e. The molecule has 0 bridgehead atoms. The number of aliphatic hydroxyl groups excluding tert-OH is 1. The zero-order valence-corrected chi connectivity index (χ0v) is 18.5. The van der Waals surface area contributed by atoms with Crippen LogP contribution in [0.5, 0.6) is 5.75 Å². The van der Waals surface area contributed by atoms with E-state index in [9.17, 15) is 14.7 Å². The van der Waals surface area contributed by atoms with E-state index >= 15 is 0 Å². The Morgan fingerprint density at radius 1 is 1.03 bits per heavy atom. The Kier molecular flexibility index (Phi) is 5.61. The molecule has 6 nitrogen and oxygen atoms in total. The number of aryl methyl sites for hydroxylation is 3. The van der Waals surface area contributed by atoms with Crippen molar-refractivity contribution in [3.8, 4) is 5.75 Å². The SMILES string of the molecule is CCOc1cccc(/C(O)=C2/C(=O)C(=O)N(c3cc(C)cc(C)c3)C2c2ccc(C)o2)c1. The number of amides is 1. The van der Waals surface area contributed by atoms with Gasteiger partial charge in [0, 0.05) is 11.3 Å². The number of anilines is 1. The summed E-state index contributed by atoms with van der Waals surface area (Å²) in [6, 6.07) is 15.1. The van der Waals surface area contributed by atoms with Crippen molar-refractivity contribution >= 4 is 23.1 Å². The van der Waals surface area contributed by atoms with Gasteiger partial charge in [-0.1, -0.05) is 18.2 Å². The van der Waals surface area contributed by atoms with Crippen molar-refractivity contribution in [3.05, 3.63) is 88.4 Å². The molecule has 1 unspecified atom stereocenters. The second-order valence-electron chi connectivity index (χ2n) is 7.92. The first-order chi connectivity index (χ1) is 15.3. The van der Waals surface area contributed by atoms with E-state index in [-0.39, 0.29) is 11.3 Å². The number of ether oxygens (including phenoxy) is 1. The fourth-order valence-electron chi connectivity index (χ4n) is 4.11. The van der Waals surface area contributed by atoms with Gasteiger partial charge in [0.25, 0.3) is 11.7 Å². The highest BCUT2D eigenvalue weighted by Crippen LogP contribution is 2.43. The van der Waals surface area contributed by atoms with E-state index < -0.39 is 17.7 Å². The number of furan rings is 1. The van der Waals surface area contributed by atoms with Gasteiger partial charge in [-0.2, -0.15) is 0 Å². The van der Waals surface area contributed by atoms with Crippen LogP contribution in [0, 0.1) is 20.8 Å². The summed E-state index contributed by atoms with van der Waals surface area (Å²) in [5.74, 6) is -0.131.